The predicted molar refractivity (Wildman–Crippen MR) is 68.8 cm³/mol. The summed E-state index contributed by atoms with van der Waals surface area (Å²) in [5.41, 5.74) is 8.28. The van der Waals surface area contributed by atoms with Gasteiger partial charge >= 0.3 is 0 Å². The lowest BCUT2D eigenvalue weighted by Gasteiger charge is -1.89. The molecule has 3 aromatic rings. The molecule has 0 aliphatic carbocycles. The van der Waals surface area contributed by atoms with E-state index < -0.39 is 0 Å². The maximum Gasteiger partial charge on any atom is 0.148 e. The Bertz CT molecular complexity index is 656. The van der Waals surface area contributed by atoms with Gasteiger partial charge in [0.25, 0.3) is 0 Å². The average Bonchev–Trinajstić information content (AvgIpc) is 2.83. The van der Waals surface area contributed by atoms with Crippen molar-refractivity contribution in [3.63, 3.8) is 0 Å². The van der Waals surface area contributed by atoms with Crippen LogP contribution < -0.4 is 5.73 Å². The van der Waals surface area contributed by atoms with E-state index in [1.165, 1.54) is 11.3 Å². The minimum Gasteiger partial charge on any atom is -0.399 e. The number of anilines is 1. The summed E-state index contributed by atoms with van der Waals surface area (Å²) in [5, 5.41) is 0. The molecule has 1 aromatic carbocycles. The predicted octanol–water partition coefficient (Wildman–Crippen LogP) is 3.53. The van der Waals surface area contributed by atoms with Crippen LogP contribution in [0.2, 0.25) is 4.34 Å². The molecule has 0 aliphatic heterocycles. The molecule has 2 heterocycles. The Morgan fingerprint density at radius 1 is 1.25 bits per heavy atom. The van der Waals surface area contributed by atoms with Gasteiger partial charge in [-0.2, -0.15) is 0 Å². The smallest absolute Gasteiger partial charge is 0.148 e. The van der Waals surface area contributed by atoms with Crippen LogP contribution in [0.1, 0.15) is 0 Å². The van der Waals surface area contributed by atoms with Crippen molar-refractivity contribution in [2.45, 2.75) is 0 Å². The van der Waals surface area contributed by atoms with Crippen LogP contribution in [0.5, 0.6) is 0 Å². The third-order valence-electron chi connectivity index (χ3n) is 2.31. The van der Waals surface area contributed by atoms with Crippen LogP contribution in [0.15, 0.2) is 30.3 Å². The Morgan fingerprint density at radius 3 is 2.88 bits per heavy atom. The fourth-order valence-electron chi connectivity index (χ4n) is 1.58. The number of aromatic amines is 1. The van der Waals surface area contributed by atoms with Crippen molar-refractivity contribution in [1.29, 1.82) is 0 Å². The van der Waals surface area contributed by atoms with Crippen molar-refractivity contribution >= 4 is 39.7 Å². The van der Waals surface area contributed by atoms with Crippen LogP contribution in [0.3, 0.4) is 0 Å². The standard InChI is InChI=1S/C11H8ClN3S/c12-10-4-3-9(16-10)11-14-7-2-1-6(13)5-8(7)15-11/h1-5H,13H2,(H,14,15). The van der Waals surface area contributed by atoms with E-state index in [2.05, 4.69) is 9.97 Å². The Balaban J connectivity index is 2.18. The highest BCUT2D eigenvalue weighted by molar-refractivity contribution is 7.19. The molecule has 5 heteroatoms. The van der Waals surface area contributed by atoms with Crippen LogP contribution in [0, 0.1) is 0 Å². The van der Waals surface area contributed by atoms with Gasteiger partial charge in [0.2, 0.25) is 0 Å². The normalized spacial score (nSPS) is 11.1. The number of nitrogen functional groups attached to an aromatic ring is 1. The van der Waals surface area contributed by atoms with E-state index in [1.807, 2.05) is 30.3 Å². The van der Waals surface area contributed by atoms with E-state index in [-0.39, 0.29) is 0 Å². The molecule has 0 unspecified atom stereocenters. The molecule has 0 saturated heterocycles. The van der Waals surface area contributed by atoms with Gasteiger partial charge in [-0.25, -0.2) is 4.98 Å². The molecule has 0 atom stereocenters. The molecular weight excluding hydrogens is 242 g/mol. The number of rotatable bonds is 1. The summed E-state index contributed by atoms with van der Waals surface area (Å²) < 4.78 is 0.759. The minimum absolute atomic E-state index is 0.717. The summed E-state index contributed by atoms with van der Waals surface area (Å²) in [7, 11) is 0. The third kappa shape index (κ3) is 1.56. The summed E-state index contributed by atoms with van der Waals surface area (Å²) in [6.07, 6.45) is 0. The van der Waals surface area contributed by atoms with Crippen molar-refractivity contribution in [1.82, 2.24) is 9.97 Å². The zero-order valence-electron chi connectivity index (χ0n) is 8.20. The molecule has 16 heavy (non-hydrogen) atoms. The van der Waals surface area contributed by atoms with Crippen molar-refractivity contribution in [3.05, 3.63) is 34.7 Å². The molecule has 0 aliphatic rings. The van der Waals surface area contributed by atoms with E-state index in [0.717, 1.165) is 31.8 Å². The third-order valence-corrected chi connectivity index (χ3v) is 3.55. The zero-order chi connectivity index (χ0) is 11.1. The SMILES string of the molecule is Nc1ccc2[nH]c(-c3ccc(Cl)s3)nc2c1. The van der Waals surface area contributed by atoms with Gasteiger partial charge in [0, 0.05) is 5.69 Å². The van der Waals surface area contributed by atoms with Crippen molar-refractivity contribution in [3.8, 4) is 10.7 Å². The largest absolute Gasteiger partial charge is 0.399 e. The maximum atomic E-state index is 5.89. The number of nitrogens with zero attached hydrogens (tertiary/aromatic N) is 1. The molecule has 0 bridgehead atoms. The van der Waals surface area contributed by atoms with Crippen LogP contribution in [-0.2, 0) is 0 Å². The van der Waals surface area contributed by atoms with Gasteiger partial charge in [0.15, 0.2) is 0 Å². The van der Waals surface area contributed by atoms with E-state index >= 15 is 0 Å². The Labute approximate surface area is 101 Å². The zero-order valence-corrected chi connectivity index (χ0v) is 9.77. The lowest BCUT2D eigenvalue weighted by atomic mass is 10.3. The van der Waals surface area contributed by atoms with E-state index in [9.17, 15) is 0 Å². The highest BCUT2D eigenvalue weighted by Gasteiger charge is 2.07. The summed E-state index contributed by atoms with van der Waals surface area (Å²) in [5.74, 6) is 0.831. The molecule has 0 fully saturated rings. The second kappa shape index (κ2) is 3.50. The van der Waals surface area contributed by atoms with Gasteiger partial charge in [-0.1, -0.05) is 11.6 Å². The summed E-state index contributed by atoms with van der Waals surface area (Å²) in [6, 6.07) is 9.45. The molecule has 80 valence electrons. The number of imidazole rings is 1. The van der Waals surface area contributed by atoms with E-state index in [1.54, 1.807) is 0 Å². The number of benzene rings is 1. The van der Waals surface area contributed by atoms with Crippen LogP contribution >= 0.6 is 22.9 Å². The molecule has 0 spiro atoms. The molecule has 3 rings (SSSR count). The first-order valence-electron chi connectivity index (χ1n) is 4.73. The highest BCUT2D eigenvalue weighted by Crippen LogP contribution is 2.30. The summed E-state index contributed by atoms with van der Waals surface area (Å²) in [4.78, 5) is 8.74. The molecular formula is C11H8ClN3S. The second-order valence-electron chi connectivity index (χ2n) is 3.47. The van der Waals surface area contributed by atoms with Gasteiger partial charge in [0.1, 0.15) is 5.82 Å². The highest BCUT2D eigenvalue weighted by atomic mass is 35.5. The van der Waals surface area contributed by atoms with Gasteiger partial charge in [0.05, 0.1) is 20.2 Å². The summed E-state index contributed by atoms with van der Waals surface area (Å²) in [6.45, 7) is 0. The number of H-pyrrole nitrogens is 1. The van der Waals surface area contributed by atoms with Crippen LogP contribution in [0.25, 0.3) is 21.7 Å². The minimum atomic E-state index is 0.717. The molecule has 2 aromatic heterocycles. The number of hydrogen-bond acceptors (Lipinski definition) is 3. The molecule has 0 amide bonds. The molecule has 0 radical (unpaired) electrons. The monoisotopic (exact) mass is 249 g/mol. The quantitative estimate of drug-likeness (QED) is 0.649. The maximum absolute atomic E-state index is 5.89. The van der Waals surface area contributed by atoms with Gasteiger partial charge in [-0.15, -0.1) is 11.3 Å². The number of halogens is 1. The molecule has 3 nitrogen and oxygen atoms in total. The number of hydrogen-bond donors (Lipinski definition) is 2. The summed E-state index contributed by atoms with van der Waals surface area (Å²) >= 11 is 7.39. The number of aromatic nitrogens is 2. The first-order valence-corrected chi connectivity index (χ1v) is 5.93. The number of nitrogens with one attached hydrogen (secondary N) is 1. The Kier molecular flexibility index (Phi) is 2.12. The van der Waals surface area contributed by atoms with E-state index in [4.69, 9.17) is 17.3 Å². The fraction of sp³-hybridized carbons (Fsp3) is 0. The first kappa shape index (κ1) is 9.69. The van der Waals surface area contributed by atoms with Crippen molar-refractivity contribution in [2.24, 2.45) is 0 Å². The lowest BCUT2D eigenvalue weighted by molar-refractivity contribution is 1.36. The Morgan fingerprint density at radius 2 is 2.12 bits per heavy atom. The van der Waals surface area contributed by atoms with Crippen LogP contribution in [0.4, 0.5) is 5.69 Å². The van der Waals surface area contributed by atoms with Gasteiger partial charge < -0.3 is 10.7 Å². The first-order chi connectivity index (χ1) is 7.72. The fourth-order valence-corrected chi connectivity index (χ4v) is 2.57. The second-order valence-corrected chi connectivity index (χ2v) is 5.18. The molecule has 0 saturated carbocycles. The number of thiophene rings is 1. The van der Waals surface area contributed by atoms with Crippen molar-refractivity contribution in [2.75, 3.05) is 5.73 Å². The average molecular weight is 250 g/mol. The van der Waals surface area contributed by atoms with Crippen molar-refractivity contribution < 1.29 is 0 Å². The molecule has 3 N–H and O–H groups in total. The Hall–Kier alpha value is -1.52. The topological polar surface area (TPSA) is 54.7 Å². The van der Waals surface area contributed by atoms with Crippen LogP contribution in [-0.4, -0.2) is 9.97 Å². The number of fused-ring (bicyclic) bond motifs is 1. The van der Waals surface area contributed by atoms with Gasteiger partial charge in [-0.3, -0.25) is 0 Å². The van der Waals surface area contributed by atoms with E-state index in [0.29, 0.717) is 0 Å². The number of nitrogens with two attached hydrogens (primary N) is 1. The van der Waals surface area contributed by atoms with Gasteiger partial charge in [-0.05, 0) is 30.3 Å². The lowest BCUT2D eigenvalue weighted by Crippen LogP contribution is -1.82.